The number of halogens is 1. The first-order valence-corrected chi connectivity index (χ1v) is 19.3. The molecule has 1 amide bonds. The van der Waals surface area contributed by atoms with Crippen LogP contribution in [0.5, 0.6) is 5.75 Å². The van der Waals surface area contributed by atoms with E-state index in [1.165, 1.54) is 0 Å². The van der Waals surface area contributed by atoms with E-state index in [-0.39, 0.29) is 23.4 Å². The van der Waals surface area contributed by atoms with Gasteiger partial charge < -0.3 is 24.8 Å². The molecule has 3 fully saturated rings. The van der Waals surface area contributed by atoms with Crippen LogP contribution in [0, 0.1) is 24.2 Å². The van der Waals surface area contributed by atoms with E-state index < -0.39 is 5.91 Å². The standard InChI is InChI=1S/C40H48ClN9O3/c1-3-29-21-34-35(50(40(29)52)31-5-7-32(8-6-31)53-36-10-4-30(22-42)38(41)26(36)2)20-28(23-44-34)25-48-18-16-47(17-19-48)24-27-12-14-49(15-13-27)37-11-9-33(39(43)51)45-46-37/h4,9-11,20-21,23,27,31-32H,3,5-8,12-19,24-25H2,1-2H3,(H2,43,51). The number of amides is 1. The number of carbonyl (C=O) groups is 1. The van der Waals surface area contributed by atoms with Gasteiger partial charge in [-0.1, -0.05) is 18.5 Å². The number of aromatic nitrogens is 4. The Hall–Kier alpha value is -4.57. The number of benzene rings is 1. The highest BCUT2D eigenvalue weighted by atomic mass is 35.5. The molecule has 0 unspecified atom stereocenters. The van der Waals surface area contributed by atoms with Crippen LogP contribution in [0.4, 0.5) is 5.82 Å². The maximum atomic E-state index is 13.9. The summed E-state index contributed by atoms with van der Waals surface area (Å²) in [4.78, 5) is 37.4. The van der Waals surface area contributed by atoms with Gasteiger partial charge in [0.2, 0.25) is 0 Å². The molecule has 5 heterocycles. The molecule has 3 aromatic heterocycles. The molecule has 13 heteroatoms. The molecule has 278 valence electrons. The summed E-state index contributed by atoms with van der Waals surface area (Å²) in [6, 6.07) is 13.4. The van der Waals surface area contributed by atoms with Crippen molar-refractivity contribution in [1.29, 1.82) is 5.26 Å². The summed E-state index contributed by atoms with van der Waals surface area (Å²) in [7, 11) is 0. The van der Waals surface area contributed by atoms with Crippen LogP contribution in [0.2, 0.25) is 5.02 Å². The number of pyridine rings is 2. The van der Waals surface area contributed by atoms with E-state index in [2.05, 4.69) is 37.0 Å². The molecule has 0 bridgehead atoms. The average molecular weight is 738 g/mol. The Balaban J connectivity index is 0.944. The van der Waals surface area contributed by atoms with Gasteiger partial charge in [0.25, 0.3) is 11.5 Å². The van der Waals surface area contributed by atoms with E-state index in [1.807, 2.05) is 42.8 Å². The summed E-state index contributed by atoms with van der Waals surface area (Å²) in [6.45, 7) is 11.7. The highest BCUT2D eigenvalue weighted by molar-refractivity contribution is 6.32. The minimum atomic E-state index is -0.561. The Morgan fingerprint density at radius 2 is 1.72 bits per heavy atom. The molecule has 0 radical (unpaired) electrons. The quantitative estimate of drug-likeness (QED) is 0.228. The average Bonchev–Trinajstić information content (AvgIpc) is 3.18. The van der Waals surface area contributed by atoms with Crippen molar-refractivity contribution in [2.24, 2.45) is 11.7 Å². The van der Waals surface area contributed by atoms with Crippen molar-refractivity contribution in [3.63, 3.8) is 0 Å². The summed E-state index contributed by atoms with van der Waals surface area (Å²) in [5.41, 5.74) is 10.5. The minimum Gasteiger partial charge on any atom is -0.490 e. The Labute approximate surface area is 315 Å². The number of nitrogens with zero attached hydrogens (tertiary/aromatic N) is 8. The normalized spacial score (nSPS) is 20.4. The minimum absolute atomic E-state index is 0.0222. The molecule has 1 aliphatic carbocycles. The second-order valence-electron chi connectivity index (χ2n) is 14.8. The lowest BCUT2D eigenvalue weighted by Crippen LogP contribution is -2.48. The lowest BCUT2D eigenvalue weighted by Gasteiger charge is -2.39. The number of nitrogens with two attached hydrogens (primary N) is 1. The van der Waals surface area contributed by atoms with Crippen LogP contribution in [0.15, 0.2) is 47.4 Å². The molecular weight excluding hydrogens is 690 g/mol. The van der Waals surface area contributed by atoms with Crippen molar-refractivity contribution in [3.05, 3.63) is 85.9 Å². The maximum absolute atomic E-state index is 13.9. The van der Waals surface area contributed by atoms with E-state index in [0.717, 1.165) is 124 Å². The zero-order valence-electron chi connectivity index (χ0n) is 30.6. The highest BCUT2D eigenvalue weighted by Crippen LogP contribution is 2.35. The molecular formula is C40H48ClN9O3. The van der Waals surface area contributed by atoms with Gasteiger partial charge in [-0.05, 0) is 99.7 Å². The molecule has 0 atom stereocenters. The largest absolute Gasteiger partial charge is 0.490 e. The lowest BCUT2D eigenvalue weighted by atomic mass is 9.92. The number of hydrogen-bond donors (Lipinski definition) is 1. The summed E-state index contributed by atoms with van der Waals surface area (Å²) >= 11 is 6.40. The van der Waals surface area contributed by atoms with Crippen molar-refractivity contribution in [1.82, 2.24) is 29.5 Å². The van der Waals surface area contributed by atoms with E-state index in [9.17, 15) is 14.9 Å². The molecule has 53 heavy (non-hydrogen) atoms. The van der Waals surface area contributed by atoms with Gasteiger partial charge in [-0.3, -0.25) is 19.5 Å². The van der Waals surface area contributed by atoms with Gasteiger partial charge in [0.05, 0.1) is 27.7 Å². The van der Waals surface area contributed by atoms with Crippen LogP contribution in [-0.2, 0) is 13.0 Å². The molecule has 3 aliphatic rings. The number of ether oxygens (including phenoxy) is 1. The van der Waals surface area contributed by atoms with E-state index in [0.29, 0.717) is 28.7 Å². The van der Waals surface area contributed by atoms with Crippen molar-refractivity contribution in [2.45, 2.75) is 77.5 Å². The van der Waals surface area contributed by atoms with Crippen LogP contribution in [0.3, 0.4) is 0 Å². The highest BCUT2D eigenvalue weighted by Gasteiger charge is 2.28. The monoisotopic (exact) mass is 737 g/mol. The number of anilines is 1. The number of nitriles is 1. The fraction of sp³-hybridized carbons (Fsp3) is 0.500. The van der Waals surface area contributed by atoms with Gasteiger partial charge in [0.1, 0.15) is 11.8 Å². The fourth-order valence-electron chi connectivity index (χ4n) is 8.21. The fourth-order valence-corrected chi connectivity index (χ4v) is 8.41. The molecule has 1 aromatic carbocycles. The van der Waals surface area contributed by atoms with Gasteiger partial charge in [0, 0.05) is 75.7 Å². The van der Waals surface area contributed by atoms with Crippen molar-refractivity contribution < 1.29 is 9.53 Å². The first-order chi connectivity index (χ1) is 25.7. The molecule has 1 saturated carbocycles. The Morgan fingerprint density at radius 3 is 2.38 bits per heavy atom. The van der Waals surface area contributed by atoms with Crippen molar-refractivity contribution in [3.8, 4) is 11.8 Å². The van der Waals surface area contributed by atoms with Gasteiger partial charge in [-0.25, -0.2) is 0 Å². The van der Waals surface area contributed by atoms with E-state index in [4.69, 9.17) is 27.1 Å². The van der Waals surface area contributed by atoms with Crippen LogP contribution in [-0.4, -0.2) is 87.4 Å². The van der Waals surface area contributed by atoms with E-state index in [1.54, 1.807) is 12.1 Å². The number of rotatable bonds is 10. The smallest absolute Gasteiger partial charge is 0.269 e. The third-order valence-corrected chi connectivity index (χ3v) is 11.9. The first kappa shape index (κ1) is 36.8. The molecule has 4 aromatic rings. The predicted molar refractivity (Wildman–Crippen MR) is 205 cm³/mol. The SMILES string of the molecule is CCc1cc2ncc(CN3CCN(CC4CCN(c5ccc(C(N)=O)nn5)CC4)CC3)cc2n(C2CCC(Oc3ccc(C#N)c(Cl)c3C)CC2)c1=O. The molecule has 2 saturated heterocycles. The zero-order valence-corrected chi connectivity index (χ0v) is 31.4. The van der Waals surface area contributed by atoms with Crippen LogP contribution < -0.4 is 20.9 Å². The number of aryl methyl sites for hydroxylation is 1. The number of primary amides is 1. The lowest BCUT2D eigenvalue weighted by molar-refractivity contribution is 0.0994. The molecule has 0 spiro atoms. The zero-order chi connectivity index (χ0) is 37.1. The summed E-state index contributed by atoms with van der Waals surface area (Å²) < 4.78 is 8.40. The second-order valence-corrected chi connectivity index (χ2v) is 15.2. The van der Waals surface area contributed by atoms with Gasteiger partial charge in [0.15, 0.2) is 11.5 Å². The summed E-state index contributed by atoms with van der Waals surface area (Å²) in [5, 5.41) is 17.9. The summed E-state index contributed by atoms with van der Waals surface area (Å²) in [5.74, 6) is 1.59. The molecule has 2 N–H and O–H groups in total. The second kappa shape index (κ2) is 16.2. The Morgan fingerprint density at radius 1 is 0.981 bits per heavy atom. The van der Waals surface area contributed by atoms with Crippen LogP contribution in [0.1, 0.15) is 84.2 Å². The number of fused-ring (bicyclic) bond motifs is 1. The summed E-state index contributed by atoms with van der Waals surface area (Å²) in [6.07, 6.45) is 8.19. The number of hydrogen-bond acceptors (Lipinski definition) is 10. The topological polar surface area (TPSA) is 147 Å². The third kappa shape index (κ3) is 8.17. The van der Waals surface area contributed by atoms with Gasteiger partial charge in [-0.2, -0.15) is 5.26 Å². The van der Waals surface area contributed by atoms with Crippen LogP contribution >= 0.6 is 11.6 Å². The van der Waals surface area contributed by atoms with Gasteiger partial charge in [-0.15, -0.1) is 10.2 Å². The van der Waals surface area contributed by atoms with Crippen molar-refractivity contribution in [2.75, 3.05) is 50.7 Å². The predicted octanol–water partition coefficient (Wildman–Crippen LogP) is 5.28. The van der Waals surface area contributed by atoms with Crippen LogP contribution in [0.25, 0.3) is 11.0 Å². The number of carbonyl (C=O) groups excluding carboxylic acids is 1. The Kier molecular flexibility index (Phi) is 11.2. The molecule has 2 aliphatic heterocycles. The molecule has 7 rings (SSSR count). The van der Waals surface area contributed by atoms with Gasteiger partial charge >= 0.3 is 0 Å². The number of piperazine rings is 1. The Bertz CT molecular complexity index is 2040. The first-order valence-electron chi connectivity index (χ1n) is 18.9. The molecule has 12 nitrogen and oxygen atoms in total. The number of piperidine rings is 1. The van der Waals surface area contributed by atoms with E-state index >= 15 is 0 Å². The van der Waals surface area contributed by atoms with Crippen molar-refractivity contribution >= 4 is 34.4 Å². The third-order valence-electron chi connectivity index (χ3n) is 11.4. The maximum Gasteiger partial charge on any atom is 0.269 e.